The summed E-state index contributed by atoms with van der Waals surface area (Å²) in [5.74, 6) is 1.59. The van der Waals surface area contributed by atoms with Gasteiger partial charge in [0.25, 0.3) is 0 Å². The minimum atomic E-state index is 0. The summed E-state index contributed by atoms with van der Waals surface area (Å²) in [6.07, 6.45) is 24.0. The molecule has 4 heteroatoms. The molecule has 4 aliphatic rings. The number of ketones is 1. The zero-order chi connectivity index (χ0) is 39.7. The molecule has 3 nitrogen and oxygen atoms in total. The minimum absolute atomic E-state index is 0. The Hall–Kier alpha value is -2.81. The molecule has 1 heterocycles. The molecule has 0 saturated heterocycles. The summed E-state index contributed by atoms with van der Waals surface area (Å²) in [5.41, 5.74) is 10.1. The summed E-state index contributed by atoms with van der Waals surface area (Å²) in [6.45, 7) is 16.4. The molecule has 0 aliphatic heterocycles. The van der Waals surface area contributed by atoms with Crippen molar-refractivity contribution in [3.63, 3.8) is 0 Å². The van der Waals surface area contributed by atoms with Crippen molar-refractivity contribution in [2.24, 2.45) is 22.7 Å². The molecule has 1 spiro atoms. The van der Waals surface area contributed by atoms with Crippen LogP contribution in [0.2, 0.25) is 0 Å². The maximum atomic E-state index is 12.0. The number of allylic oxidation sites excluding steroid dienone is 2. The van der Waals surface area contributed by atoms with Crippen molar-refractivity contribution in [1.82, 2.24) is 4.98 Å². The molecule has 1 aromatic heterocycles. The van der Waals surface area contributed by atoms with E-state index in [9.17, 15) is 9.90 Å². The van der Waals surface area contributed by atoms with Crippen molar-refractivity contribution in [2.45, 2.75) is 175 Å². The molecular weight excluding hydrogens is 875 g/mol. The van der Waals surface area contributed by atoms with E-state index >= 15 is 0 Å². The number of carbonyl (C=O) groups is 1. The van der Waals surface area contributed by atoms with Gasteiger partial charge in [-0.15, -0.1) is 29.1 Å². The van der Waals surface area contributed by atoms with E-state index in [4.69, 9.17) is 4.98 Å². The van der Waals surface area contributed by atoms with Crippen LogP contribution in [0.4, 0.5) is 0 Å². The zero-order valence-electron chi connectivity index (χ0n) is 36.3. The van der Waals surface area contributed by atoms with Crippen LogP contribution >= 0.6 is 0 Å². The van der Waals surface area contributed by atoms with Gasteiger partial charge in [0.05, 0.1) is 11.3 Å². The van der Waals surface area contributed by atoms with Gasteiger partial charge in [-0.2, -0.15) is 0 Å². The van der Waals surface area contributed by atoms with Crippen molar-refractivity contribution in [1.29, 1.82) is 0 Å². The number of aromatic nitrogens is 1. The van der Waals surface area contributed by atoms with Crippen LogP contribution in [0.5, 0.6) is 0 Å². The second-order valence-corrected chi connectivity index (χ2v) is 20.5. The fourth-order valence-corrected chi connectivity index (χ4v) is 10.9. The number of benzene rings is 3. The van der Waals surface area contributed by atoms with Gasteiger partial charge in [0.1, 0.15) is 0 Å². The number of aryl methyl sites for hydroxylation is 2. The third-order valence-electron chi connectivity index (χ3n) is 14.6. The maximum Gasteiger partial charge on any atom is 0.162 e. The minimum Gasteiger partial charge on any atom is -0.512 e. The first kappa shape index (κ1) is 43.8. The zero-order valence-corrected chi connectivity index (χ0v) is 38.7. The van der Waals surface area contributed by atoms with Gasteiger partial charge >= 0.3 is 0 Å². The Labute approximate surface area is 358 Å². The molecule has 0 atom stereocenters. The number of fused-ring (bicyclic) bond motifs is 2. The maximum absolute atomic E-state index is 12.0. The van der Waals surface area contributed by atoms with E-state index in [0.717, 1.165) is 42.5 Å². The predicted octanol–water partition coefficient (Wildman–Crippen LogP) is 15.2. The van der Waals surface area contributed by atoms with Crippen molar-refractivity contribution in [3.05, 3.63) is 88.7 Å². The molecule has 0 unspecified atom stereocenters. The SMILES string of the molecule is Cc1cc(C)c2c(C3CCC4(CC3)CCC(C)(C)CC4)cc(-c3[c-]c4ccccc4c(C(C)(C)C)c3)nc2c1.O=C(/C=C(\O)C1CCCCC1)C1CCCCC1.[Ir]. The number of nitrogens with zero attached hydrogens (tertiary/aromatic N) is 1. The summed E-state index contributed by atoms with van der Waals surface area (Å²) in [5, 5.41) is 13.9. The summed E-state index contributed by atoms with van der Waals surface area (Å²) in [6, 6.07) is 22.0. The Kier molecular flexibility index (Phi) is 14.0. The number of carbonyl (C=O) groups excluding carboxylic acids is 1. The van der Waals surface area contributed by atoms with Crippen LogP contribution in [0, 0.1) is 42.6 Å². The van der Waals surface area contributed by atoms with E-state index < -0.39 is 0 Å². The van der Waals surface area contributed by atoms with Crippen LogP contribution in [-0.2, 0) is 30.3 Å². The molecular formula is C53H70IrNO2-. The van der Waals surface area contributed by atoms with E-state index in [1.807, 2.05) is 0 Å². The smallest absolute Gasteiger partial charge is 0.162 e. The van der Waals surface area contributed by atoms with Crippen LogP contribution in [0.3, 0.4) is 0 Å². The van der Waals surface area contributed by atoms with Crippen molar-refractivity contribution in [2.75, 3.05) is 0 Å². The Morgan fingerprint density at radius 3 is 2.04 bits per heavy atom. The summed E-state index contributed by atoms with van der Waals surface area (Å²) >= 11 is 0. The first-order valence-electron chi connectivity index (χ1n) is 22.5. The molecule has 4 fully saturated rings. The molecule has 0 bridgehead atoms. The first-order valence-corrected chi connectivity index (χ1v) is 22.5. The van der Waals surface area contributed by atoms with Gasteiger partial charge in [0, 0.05) is 49.1 Å². The van der Waals surface area contributed by atoms with E-state index in [0.29, 0.717) is 22.5 Å². The molecule has 4 aromatic rings. The molecule has 0 amide bonds. The average molecular weight is 945 g/mol. The number of hydrogen-bond acceptors (Lipinski definition) is 3. The number of aliphatic hydroxyl groups excluding tert-OH is 1. The normalized spacial score (nSPS) is 20.9. The monoisotopic (exact) mass is 946 g/mol. The van der Waals surface area contributed by atoms with E-state index in [2.05, 4.69) is 103 Å². The molecule has 309 valence electrons. The second kappa shape index (κ2) is 18.2. The number of pyridine rings is 1. The topological polar surface area (TPSA) is 50.2 Å². The van der Waals surface area contributed by atoms with Crippen molar-refractivity contribution in [3.8, 4) is 11.3 Å². The van der Waals surface area contributed by atoms with E-state index in [1.165, 1.54) is 128 Å². The molecule has 57 heavy (non-hydrogen) atoms. The molecule has 4 saturated carbocycles. The van der Waals surface area contributed by atoms with Crippen molar-refractivity contribution >= 4 is 27.5 Å². The Morgan fingerprint density at radius 2 is 1.40 bits per heavy atom. The first-order chi connectivity index (χ1) is 26.7. The van der Waals surface area contributed by atoms with Gasteiger partial charge < -0.3 is 5.11 Å². The van der Waals surface area contributed by atoms with Gasteiger partial charge in [0.2, 0.25) is 0 Å². The van der Waals surface area contributed by atoms with Crippen LogP contribution in [0.25, 0.3) is 32.9 Å². The second-order valence-electron chi connectivity index (χ2n) is 20.5. The number of rotatable bonds is 5. The van der Waals surface area contributed by atoms with E-state index in [1.54, 1.807) is 6.08 Å². The van der Waals surface area contributed by atoms with E-state index in [-0.39, 0.29) is 43.1 Å². The Morgan fingerprint density at radius 1 is 0.789 bits per heavy atom. The van der Waals surface area contributed by atoms with Gasteiger partial charge in [-0.05, 0) is 136 Å². The number of aliphatic hydroxyl groups is 1. The fourth-order valence-electron chi connectivity index (χ4n) is 10.9. The predicted molar refractivity (Wildman–Crippen MR) is 236 cm³/mol. The molecule has 4 aliphatic carbocycles. The van der Waals surface area contributed by atoms with Gasteiger partial charge in [-0.1, -0.05) is 114 Å². The van der Waals surface area contributed by atoms with Gasteiger partial charge in [-0.3, -0.25) is 9.78 Å². The largest absolute Gasteiger partial charge is 0.512 e. The van der Waals surface area contributed by atoms with Gasteiger partial charge in [0.15, 0.2) is 5.78 Å². The molecule has 3 aromatic carbocycles. The molecule has 1 radical (unpaired) electrons. The van der Waals surface area contributed by atoms with Gasteiger partial charge in [-0.25, -0.2) is 0 Å². The third kappa shape index (κ3) is 10.3. The number of hydrogen-bond donors (Lipinski definition) is 1. The molecule has 1 N–H and O–H groups in total. The molecule has 8 rings (SSSR count). The average Bonchev–Trinajstić information content (AvgIpc) is 3.19. The summed E-state index contributed by atoms with van der Waals surface area (Å²) in [7, 11) is 0. The summed E-state index contributed by atoms with van der Waals surface area (Å²) < 4.78 is 0. The van der Waals surface area contributed by atoms with Crippen molar-refractivity contribution < 1.29 is 30.0 Å². The summed E-state index contributed by atoms with van der Waals surface area (Å²) in [4.78, 5) is 17.3. The quantitative estimate of drug-likeness (QED) is 0.123. The Balaban J connectivity index is 0.000000256. The van der Waals surface area contributed by atoms with Crippen LogP contribution < -0.4 is 0 Å². The third-order valence-corrected chi connectivity index (χ3v) is 14.6. The van der Waals surface area contributed by atoms with Crippen LogP contribution in [0.15, 0.2) is 60.4 Å². The Bertz CT molecular complexity index is 2040. The standard InChI is InChI=1S/C38H46N.C15H24O2.Ir/c1-25-20-26(2)35-31(27-12-14-38(15-13-27)18-16-37(6,7)17-19-38)24-33(39-34(35)21-25)29-22-28-10-8-9-11-30(28)32(23-29)36(3,4)5;16-14(12-7-3-1-4-8-12)11-15(17)13-9-5-2-6-10-13;/h8-11,20-21,23-24,27H,12-19H2,1-7H3;11-13,16H,1-10H2;/q-1;;/b;14-11-;. The van der Waals surface area contributed by atoms with Crippen LogP contribution in [-0.4, -0.2) is 15.9 Å². The van der Waals surface area contributed by atoms with Crippen LogP contribution in [0.1, 0.15) is 178 Å². The fraction of sp³-hybridized carbons (Fsp3) is 0.585.